The van der Waals surface area contributed by atoms with Gasteiger partial charge in [-0.05, 0) is 58.7 Å². The first-order chi connectivity index (χ1) is 8.11. The molecule has 5 heteroatoms. The van der Waals surface area contributed by atoms with Crippen LogP contribution in [-0.4, -0.2) is 31.1 Å². The van der Waals surface area contributed by atoms with E-state index in [2.05, 4.69) is 32.3 Å². The Kier molecular flexibility index (Phi) is 4.22. The number of halogens is 1. The average molecular weight is 318 g/mol. The first-order valence-electron chi connectivity index (χ1n) is 5.63. The van der Waals surface area contributed by atoms with E-state index in [1.807, 2.05) is 7.05 Å². The van der Waals surface area contributed by atoms with Gasteiger partial charge < -0.3 is 4.74 Å². The maximum Gasteiger partial charge on any atom is 0.323 e. The van der Waals surface area contributed by atoms with Crippen molar-refractivity contribution in [2.75, 3.05) is 14.2 Å². The zero-order chi connectivity index (χ0) is 12.4. The van der Waals surface area contributed by atoms with Gasteiger partial charge >= 0.3 is 5.97 Å². The highest BCUT2D eigenvalue weighted by Gasteiger charge is 2.39. The van der Waals surface area contributed by atoms with Crippen LogP contribution in [0.1, 0.15) is 18.4 Å². The second-order valence-corrected chi connectivity index (χ2v) is 6.77. The molecule has 0 aliphatic heterocycles. The molecule has 94 valence electrons. The summed E-state index contributed by atoms with van der Waals surface area (Å²) in [6, 6.07) is 2.02. The number of thiophene rings is 1. The van der Waals surface area contributed by atoms with Crippen LogP contribution < -0.4 is 0 Å². The van der Waals surface area contributed by atoms with E-state index in [1.165, 1.54) is 12.7 Å². The van der Waals surface area contributed by atoms with Crippen molar-refractivity contribution in [2.24, 2.45) is 5.92 Å². The number of methoxy groups -OCH3 is 1. The summed E-state index contributed by atoms with van der Waals surface area (Å²) < 4.78 is 6.02. The number of rotatable bonds is 5. The van der Waals surface area contributed by atoms with Gasteiger partial charge in [-0.25, -0.2) is 0 Å². The van der Waals surface area contributed by atoms with Crippen molar-refractivity contribution in [3.8, 4) is 0 Å². The fourth-order valence-corrected chi connectivity index (χ4v) is 3.28. The third-order valence-corrected chi connectivity index (χ3v) is 4.59. The summed E-state index contributed by atoms with van der Waals surface area (Å²) in [5.41, 5.74) is 1.24. The molecular formula is C12H16BrNO2S. The van der Waals surface area contributed by atoms with Crippen LogP contribution >= 0.6 is 27.3 Å². The van der Waals surface area contributed by atoms with Gasteiger partial charge in [0.1, 0.15) is 6.04 Å². The summed E-state index contributed by atoms with van der Waals surface area (Å²) in [5.74, 6) is 0.374. The third kappa shape index (κ3) is 3.30. The highest BCUT2D eigenvalue weighted by Crippen LogP contribution is 2.36. The van der Waals surface area contributed by atoms with Crippen molar-refractivity contribution < 1.29 is 9.53 Å². The molecule has 1 heterocycles. The van der Waals surface area contributed by atoms with Crippen molar-refractivity contribution in [1.82, 2.24) is 4.90 Å². The number of hydrogen-bond donors (Lipinski definition) is 0. The lowest BCUT2D eigenvalue weighted by atomic mass is 10.1. The molecule has 0 radical (unpaired) electrons. The number of carbonyl (C=O) groups excluding carboxylic acids is 1. The number of ether oxygens (including phenoxy) is 1. The minimum Gasteiger partial charge on any atom is -0.468 e. The van der Waals surface area contributed by atoms with Gasteiger partial charge in [0.2, 0.25) is 0 Å². The van der Waals surface area contributed by atoms with Gasteiger partial charge in [-0.2, -0.15) is 0 Å². The van der Waals surface area contributed by atoms with Crippen LogP contribution in [0.3, 0.4) is 0 Å². The minimum absolute atomic E-state index is 0.0846. The lowest BCUT2D eigenvalue weighted by molar-refractivity contribution is -0.147. The summed E-state index contributed by atoms with van der Waals surface area (Å²) >= 11 is 5.12. The molecule has 0 spiro atoms. The first kappa shape index (κ1) is 13.1. The Hall–Kier alpha value is -0.390. The molecule has 1 aliphatic carbocycles. The molecule has 1 unspecified atom stereocenters. The molecule has 17 heavy (non-hydrogen) atoms. The van der Waals surface area contributed by atoms with Gasteiger partial charge in [0.15, 0.2) is 0 Å². The number of carbonyl (C=O) groups is 1. The standard InChI is InChI=1S/C12H16BrNO2S/c1-14(6-8-5-10(13)17-7-8)11(9-3-4-9)12(15)16-2/h5,7,9,11H,3-4,6H2,1-2H3. The molecule has 2 rings (SSSR count). The quantitative estimate of drug-likeness (QED) is 0.782. The summed E-state index contributed by atoms with van der Waals surface area (Å²) in [6.07, 6.45) is 2.27. The van der Waals surface area contributed by atoms with Crippen molar-refractivity contribution in [3.05, 3.63) is 20.8 Å². The predicted octanol–water partition coefficient (Wildman–Crippen LogP) is 2.89. The monoisotopic (exact) mass is 317 g/mol. The van der Waals surface area contributed by atoms with E-state index >= 15 is 0 Å². The molecule has 0 bridgehead atoms. The molecule has 1 fully saturated rings. The smallest absolute Gasteiger partial charge is 0.323 e. The highest BCUT2D eigenvalue weighted by molar-refractivity contribution is 9.11. The molecule has 1 saturated carbocycles. The molecule has 0 amide bonds. The molecule has 0 aromatic carbocycles. The van der Waals surface area contributed by atoms with Crippen LogP contribution in [0.25, 0.3) is 0 Å². The lowest BCUT2D eigenvalue weighted by Gasteiger charge is -2.25. The zero-order valence-electron chi connectivity index (χ0n) is 9.98. The topological polar surface area (TPSA) is 29.5 Å². The Morgan fingerprint density at radius 3 is 2.88 bits per heavy atom. The van der Waals surface area contributed by atoms with E-state index in [1.54, 1.807) is 11.3 Å². The molecule has 1 aliphatic rings. The van der Waals surface area contributed by atoms with E-state index in [0.717, 1.165) is 23.2 Å². The second-order valence-electron chi connectivity index (χ2n) is 4.48. The summed E-state index contributed by atoms with van der Waals surface area (Å²) in [6.45, 7) is 0.790. The number of nitrogens with zero attached hydrogens (tertiary/aromatic N) is 1. The van der Waals surface area contributed by atoms with Crippen molar-refractivity contribution in [1.29, 1.82) is 0 Å². The van der Waals surface area contributed by atoms with Crippen LogP contribution in [0.4, 0.5) is 0 Å². The van der Waals surface area contributed by atoms with E-state index in [-0.39, 0.29) is 12.0 Å². The summed E-state index contributed by atoms with van der Waals surface area (Å²) in [5, 5.41) is 2.11. The zero-order valence-corrected chi connectivity index (χ0v) is 12.4. The Morgan fingerprint density at radius 1 is 1.71 bits per heavy atom. The van der Waals surface area contributed by atoms with Crippen molar-refractivity contribution in [2.45, 2.75) is 25.4 Å². The Bertz CT molecular complexity index is 403. The number of esters is 1. The van der Waals surface area contributed by atoms with E-state index in [9.17, 15) is 4.79 Å². The van der Waals surface area contributed by atoms with Crippen molar-refractivity contribution >= 4 is 33.2 Å². The maximum absolute atomic E-state index is 11.8. The predicted molar refractivity (Wildman–Crippen MR) is 72.0 cm³/mol. The van der Waals surface area contributed by atoms with Gasteiger partial charge in [0, 0.05) is 6.54 Å². The SMILES string of the molecule is COC(=O)C(C1CC1)N(C)Cc1csc(Br)c1. The Balaban J connectivity index is 2.01. The summed E-state index contributed by atoms with van der Waals surface area (Å²) in [4.78, 5) is 13.9. The molecule has 1 atom stereocenters. The maximum atomic E-state index is 11.8. The molecule has 3 nitrogen and oxygen atoms in total. The van der Waals surface area contributed by atoms with Crippen LogP contribution in [0.2, 0.25) is 0 Å². The molecule has 0 N–H and O–H groups in total. The normalized spacial score (nSPS) is 17.2. The van der Waals surface area contributed by atoms with Crippen LogP contribution in [0.15, 0.2) is 15.2 Å². The molecule has 1 aromatic heterocycles. The summed E-state index contributed by atoms with van der Waals surface area (Å²) in [7, 11) is 3.46. The average Bonchev–Trinajstić information content (AvgIpc) is 3.03. The number of hydrogen-bond acceptors (Lipinski definition) is 4. The fourth-order valence-electron chi connectivity index (χ4n) is 2.08. The largest absolute Gasteiger partial charge is 0.468 e. The van der Waals surface area contributed by atoms with Gasteiger partial charge in [-0.1, -0.05) is 0 Å². The molecule has 1 aromatic rings. The second kappa shape index (κ2) is 5.50. The fraction of sp³-hybridized carbons (Fsp3) is 0.583. The number of likely N-dealkylation sites (N-methyl/N-ethyl adjacent to an activating group) is 1. The van der Waals surface area contributed by atoms with Gasteiger partial charge in [-0.15, -0.1) is 11.3 Å². The van der Waals surface area contributed by atoms with Gasteiger partial charge in [0.25, 0.3) is 0 Å². The lowest BCUT2D eigenvalue weighted by Crippen LogP contribution is -2.40. The Labute approximate surface area is 114 Å². The van der Waals surface area contributed by atoms with E-state index in [0.29, 0.717) is 5.92 Å². The Morgan fingerprint density at radius 2 is 2.41 bits per heavy atom. The third-order valence-electron chi connectivity index (χ3n) is 3.04. The van der Waals surface area contributed by atoms with Gasteiger partial charge in [-0.3, -0.25) is 9.69 Å². The minimum atomic E-state index is -0.107. The van der Waals surface area contributed by atoms with Crippen LogP contribution in [0.5, 0.6) is 0 Å². The highest BCUT2D eigenvalue weighted by atomic mass is 79.9. The molecule has 0 saturated heterocycles. The van der Waals surface area contributed by atoms with Crippen LogP contribution in [-0.2, 0) is 16.1 Å². The van der Waals surface area contributed by atoms with Gasteiger partial charge in [0.05, 0.1) is 10.9 Å². The molecular weight excluding hydrogens is 302 g/mol. The van der Waals surface area contributed by atoms with E-state index in [4.69, 9.17) is 4.74 Å². The van der Waals surface area contributed by atoms with Crippen molar-refractivity contribution in [3.63, 3.8) is 0 Å². The van der Waals surface area contributed by atoms with Crippen LogP contribution in [0, 0.1) is 5.92 Å². The first-order valence-corrected chi connectivity index (χ1v) is 7.30. The van der Waals surface area contributed by atoms with E-state index < -0.39 is 0 Å².